The lowest BCUT2D eigenvalue weighted by atomic mass is 10.0. The van der Waals surface area contributed by atoms with E-state index in [4.69, 9.17) is 17.0 Å². The maximum absolute atomic E-state index is 13.0. The number of carbonyl (C=O) groups excluding carboxylic acids is 1. The Kier molecular flexibility index (Phi) is 5.04. The standard InChI is InChI=1S/C21H14BrNO2S2/c1-25-18-11-6-13-4-2-3-5-16(13)17(18)12-19-20(24)23(21(26)27-19)15-9-7-14(22)8-10-15/h2-12H,1H3/b19-12+. The van der Waals surface area contributed by atoms with E-state index in [0.717, 1.165) is 32.2 Å². The predicted octanol–water partition coefficient (Wildman–Crippen LogP) is 6.02. The second kappa shape index (κ2) is 7.46. The molecule has 0 radical (unpaired) electrons. The van der Waals surface area contributed by atoms with Gasteiger partial charge in [0.25, 0.3) is 5.91 Å². The van der Waals surface area contributed by atoms with Crippen LogP contribution in [0.4, 0.5) is 5.69 Å². The number of nitrogens with zero attached hydrogens (tertiary/aromatic N) is 1. The van der Waals surface area contributed by atoms with Gasteiger partial charge in [-0.3, -0.25) is 9.69 Å². The van der Waals surface area contributed by atoms with Gasteiger partial charge in [0.05, 0.1) is 17.7 Å². The molecule has 0 aliphatic carbocycles. The summed E-state index contributed by atoms with van der Waals surface area (Å²) in [6.07, 6.45) is 1.87. The second-order valence-corrected chi connectivity index (χ2v) is 8.49. The van der Waals surface area contributed by atoms with Gasteiger partial charge in [-0.25, -0.2) is 0 Å². The summed E-state index contributed by atoms with van der Waals surface area (Å²) in [5, 5.41) is 2.12. The number of thiocarbonyl (C=S) groups is 1. The molecule has 0 spiro atoms. The summed E-state index contributed by atoms with van der Waals surface area (Å²) in [5.41, 5.74) is 1.64. The smallest absolute Gasteiger partial charge is 0.270 e. The van der Waals surface area contributed by atoms with E-state index < -0.39 is 0 Å². The van der Waals surface area contributed by atoms with Crippen LogP contribution < -0.4 is 9.64 Å². The summed E-state index contributed by atoms with van der Waals surface area (Å²) in [7, 11) is 1.63. The summed E-state index contributed by atoms with van der Waals surface area (Å²) in [4.78, 5) is 15.2. The number of hydrogen-bond acceptors (Lipinski definition) is 4. The van der Waals surface area contributed by atoms with Crippen molar-refractivity contribution in [1.82, 2.24) is 0 Å². The summed E-state index contributed by atoms with van der Waals surface area (Å²) in [5.74, 6) is 0.602. The summed E-state index contributed by atoms with van der Waals surface area (Å²) >= 11 is 10.2. The molecule has 4 rings (SSSR count). The molecule has 27 heavy (non-hydrogen) atoms. The van der Waals surface area contributed by atoms with Crippen molar-refractivity contribution in [1.29, 1.82) is 0 Å². The topological polar surface area (TPSA) is 29.5 Å². The molecular formula is C21H14BrNO2S2. The highest BCUT2D eigenvalue weighted by molar-refractivity contribution is 9.10. The fourth-order valence-electron chi connectivity index (χ4n) is 3.01. The van der Waals surface area contributed by atoms with Gasteiger partial charge in [0, 0.05) is 10.0 Å². The Hall–Kier alpha value is -2.15. The molecule has 0 atom stereocenters. The molecule has 1 fully saturated rings. The molecular weight excluding hydrogens is 442 g/mol. The molecule has 134 valence electrons. The van der Waals surface area contributed by atoms with Gasteiger partial charge in [0.15, 0.2) is 4.32 Å². The summed E-state index contributed by atoms with van der Waals surface area (Å²) in [6, 6.07) is 19.5. The van der Waals surface area contributed by atoms with Crippen LogP contribution in [0.25, 0.3) is 16.8 Å². The first kappa shape index (κ1) is 18.2. The third-order valence-electron chi connectivity index (χ3n) is 4.30. The van der Waals surface area contributed by atoms with Gasteiger partial charge < -0.3 is 4.74 Å². The van der Waals surface area contributed by atoms with E-state index in [1.165, 1.54) is 11.8 Å². The minimum Gasteiger partial charge on any atom is -0.496 e. The Bertz CT molecular complexity index is 1090. The number of thioether (sulfide) groups is 1. The maximum atomic E-state index is 13.0. The number of hydrogen-bond donors (Lipinski definition) is 0. The SMILES string of the molecule is COc1ccc2ccccc2c1/C=C1/SC(=S)N(c2ccc(Br)cc2)C1=O. The van der Waals surface area contributed by atoms with E-state index in [9.17, 15) is 4.79 Å². The molecule has 1 saturated heterocycles. The second-order valence-electron chi connectivity index (χ2n) is 5.90. The monoisotopic (exact) mass is 455 g/mol. The number of fused-ring (bicyclic) bond motifs is 1. The first-order chi connectivity index (χ1) is 13.1. The molecule has 6 heteroatoms. The van der Waals surface area contributed by atoms with Crippen LogP contribution in [0.2, 0.25) is 0 Å². The predicted molar refractivity (Wildman–Crippen MR) is 120 cm³/mol. The highest BCUT2D eigenvalue weighted by atomic mass is 79.9. The van der Waals surface area contributed by atoms with Gasteiger partial charge in [-0.2, -0.15) is 0 Å². The van der Waals surface area contributed by atoms with Crippen LogP contribution in [0, 0.1) is 0 Å². The van der Waals surface area contributed by atoms with Crippen molar-refractivity contribution in [3.8, 4) is 5.75 Å². The molecule has 3 aromatic carbocycles. The fourth-order valence-corrected chi connectivity index (χ4v) is 4.56. The van der Waals surface area contributed by atoms with E-state index in [1.807, 2.05) is 66.7 Å². The molecule has 0 aromatic heterocycles. The number of rotatable bonds is 3. The van der Waals surface area contributed by atoms with Crippen LogP contribution >= 0.6 is 39.9 Å². The van der Waals surface area contributed by atoms with Gasteiger partial charge in [-0.05, 0) is 47.2 Å². The highest BCUT2D eigenvalue weighted by Crippen LogP contribution is 2.39. The quantitative estimate of drug-likeness (QED) is 0.356. The van der Waals surface area contributed by atoms with Crippen LogP contribution in [-0.2, 0) is 4.79 Å². The Morgan fingerprint density at radius 2 is 1.81 bits per heavy atom. The molecule has 1 amide bonds. The highest BCUT2D eigenvalue weighted by Gasteiger charge is 2.33. The van der Waals surface area contributed by atoms with Crippen LogP contribution in [-0.4, -0.2) is 17.3 Å². The van der Waals surface area contributed by atoms with E-state index >= 15 is 0 Å². The van der Waals surface area contributed by atoms with Crippen molar-refractivity contribution >= 4 is 72.7 Å². The number of ether oxygens (including phenoxy) is 1. The molecule has 0 bridgehead atoms. The van der Waals surface area contributed by atoms with Crippen LogP contribution in [0.5, 0.6) is 5.75 Å². The number of carbonyl (C=O) groups is 1. The van der Waals surface area contributed by atoms with Crippen molar-refractivity contribution in [2.24, 2.45) is 0 Å². The average Bonchev–Trinajstić information content (AvgIpc) is 2.96. The minimum atomic E-state index is -0.123. The molecule has 3 aromatic rings. The summed E-state index contributed by atoms with van der Waals surface area (Å²) < 4.78 is 7.01. The van der Waals surface area contributed by atoms with Crippen LogP contribution in [0.15, 0.2) is 70.0 Å². The average molecular weight is 456 g/mol. The molecule has 1 heterocycles. The van der Waals surface area contributed by atoms with Crippen LogP contribution in [0.3, 0.4) is 0 Å². The largest absolute Gasteiger partial charge is 0.496 e. The third kappa shape index (κ3) is 3.40. The minimum absolute atomic E-state index is 0.123. The first-order valence-corrected chi connectivity index (χ1v) is 10.2. The maximum Gasteiger partial charge on any atom is 0.270 e. The molecule has 0 unspecified atom stereocenters. The molecule has 0 N–H and O–H groups in total. The molecule has 1 aliphatic rings. The normalized spacial score (nSPS) is 15.8. The Morgan fingerprint density at radius 1 is 1.07 bits per heavy atom. The fraction of sp³-hybridized carbons (Fsp3) is 0.0476. The zero-order chi connectivity index (χ0) is 19.0. The Labute approximate surface area is 175 Å². The van der Waals surface area contributed by atoms with Crippen molar-refractivity contribution in [2.45, 2.75) is 0 Å². The number of benzene rings is 3. The van der Waals surface area contributed by atoms with Crippen molar-refractivity contribution in [2.75, 3.05) is 12.0 Å². The number of methoxy groups -OCH3 is 1. The first-order valence-electron chi connectivity index (χ1n) is 8.18. The van der Waals surface area contributed by atoms with Gasteiger partial charge in [0.1, 0.15) is 5.75 Å². The lowest BCUT2D eigenvalue weighted by Crippen LogP contribution is -2.27. The van der Waals surface area contributed by atoms with E-state index in [-0.39, 0.29) is 5.91 Å². The number of halogens is 1. The van der Waals surface area contributed by atoms with Gasteiger partial charge in [0.2, 0.25) is 0 Å². The molecule has 1 aliphatic heterocycles. The van der Waals surface area contributed by atoms with Gasteiger partial charge in [-0.1, -0.05) is 70.2 Å². The van der Waals surface area contributed by atoms with Crippen LogP contribution in [0.1, 0.15) is 5.56 Å². The van der Waals surface area contributed by atoms with E-state index in [2.05, 4.69) is 15.9 Å². The zero-order valence-electron chi connectivity index (χ0n) is 14.3. The van der Waals surface area contributed by atoms with E-state index in [0.29, 0.717) is 9.23 Å². The number of anilines is 1. The number of amides is 1. The van der Waals surface area contributed by atoms with Crippen molar-refractivity contribution in [3.05, 3.63) is 75.6 Å². The lowest BCUT2D eigenvalue weighted by molar-refractivity contribution is -0.113. The lowest BCUT2D eigenvalue weighted by Gasteiger charge is -2.14. The third-order valence-corrected chi connectivity index (χ3v) is 6.14. The van der Waals surface area contributed by atoms with Crippen molar-refractivity contribution in [3.63, 3.8) is 0 Å². The Morgan fingerprint density at radius 3 is 2.56 bits per heavy atom. The van der Waals surface area contributed by atoms with Gasteiger partial charge in [-0.15, -0.1) is 0 Å². The molecule has 0 saturated carbocycles. The summed E-state index contributed by atoms with van der Waals surface area (Å²) in [6.45, 7) is 0. The Balaban J connectivity index is 1.79. The molecule has 3 nitrogen and oxygen atoms in total. The van der Waals surface area contributed by atoms with E-state index in [1.54, 1.807) is 12.0 Å². The van der Waals surface area contributed by atoms with Gasteiger partial charge >= 0.3 is 0 Å². The zero-order valence-corrected chi connectivity index (χ0v) is 17.5. The van der Waals surface area contributed by atoms with Crippen molar-refractivity contribution < 1.29 is 9.53 Å².